The van der Waals surface area contributed by atoms with Gasteiger partial charge in [0, 0.05) is 58.0 Å². The Balaban J connectivity index is 1.33. The molecule has 0 radical (unpaired) electrons. The van der Waals surface area contributed by atoms with Gasteiger partial charge in [-0.25, -0.2) is 0 Å². The summed E-state index contributed by atoms with van der Waals surface area (Å²) in [4.78, 5) is 20.7. The molecule has 3 aromatic rings. The van der Waals surface area contributed by atoms with Gasteiger partial charge in [-0.2, -0.15) is 0 Å². The Morgan fingerprint density at radius 2 is 1.75 bits per heavy atom. The smallest absolute Gasteiger partial charge is 0.264 e. The highest BCUT2D eigenvalue weighted by molar-refractivity contribution is 7.98. The largest absolute Gasteiger partial charge is 0.368 e. The van der Waals surface area contributed by atoms with Crippen molar-refractivity contribution in [2.75, 3.05) is 31.1 Å². The number of thiophene rings is 1. The second-order valence-corrected chi connectivity index (χ2v) is 9.51. The van der Waals surface area contributed by atoms with Gasteiger partial charge in [-0.1, -0.05) is 35.9 Å². The molecule has 2 aromatic carbocycles. The van der Waals surface area contributed by atoms with Gasteiger partial charge in [-0.05, 0) is 35.9 Å². The van der Waals surface area contributed by atoms with E-state index < -0.39 is 0 Å². The molecule has 1 amide bonds. The van der Waals surface area contributed by atoms with Crippen molar-refractivity contribution >= 4 is 46.3 Å². The van der Waals surface area contributed by atoms with Gasteiger partial charge in [0.2, 0.25) is 0 Å². The van der Waals surface area contributed by atoms with E-state index in [9.17, 15) is 4.79 Å². The number of rotatable bonds is 2. The van der Waals surface area contributed by atoms with Crippen molar-refractivity contribution in [1.29, 1.82) is 0 Å². The van der Waals surface area contributed by atoms with Crippen molar-refractivity contribution in [3.63, 3.8) is 0 Å². The molecule has 1 aromatic heterocycles. The Morgan fingerprint density at radius 1 is 0.964 bits per heavy atom. The number of nitrogens with zero attached hydrogens (tertiary/aromatic N) is 2. The molecule has 28 heavy (non-hydrogen) atoms. The third-order valence-corrected chi connectivity index (χ3v) is 7.82. The molecule has 2 aliphatic rings. The SMILES string of the molecule is O=C(c1cc2c(s1)-c1ccc(Cl)cc1SC2)N1CCN(c2ccccc2)CC1. The van der Waals surface area contributed by atoms with Gasteiger partial charge in [0.1, 0.15) is 0 Å². The predicted molar refractivity (Wildman–Crippen MR) is 119 cm³/mol. The van der Waals surface area contributed by atoms with E-state index in [0.717, 1.165) is 41.8 Å². The Labute approximate surface area is 177 Å². The molecule has 0 saturated carbocycles. The van der Waals surface area contributed by atoms with Gasteiger partial charge in [0.05, 0.1) is 4.88 Å². The van der Waals surface area contributed by atoms with E-state index in [2.05, 4.69) is 41.3 Å². The quantitative estimate of drug-likeness (QED) is 0.530. The summed E-state index contributed by atoms with van der Waals surface area (Å²) in [7, 11) is 0. The lowest BCUT2D eigenvalue weighted by Gasteiger charge is -2.36. The van der Waals surface area contributed by atoms with Gasteiger partial charge < -0.3 is 9.80 Å². The number of piperazine rings is 1. The van der Waals surface area contributed by atoms with Crippen LogP contribution in [0.1, 0.15) is 15.2 Å². The van der Waals surface area contributed by atoms with Crippen LogP contribution in [0.4, 0.5) is 5.69 Å². The first-order chi connectivity index (χ1) is 13.7. The lowest BCUT2D eigenvalue weighted by atomic mass is 10.1. The number of hydrogen-bond donors (Lipinski definition) is 0. The third kappa shape index (κ3) is 3.32. The molecule has 0 atom stereocenters. The van der Waals surface area contributed by atoms with Crippen molar-refractivity contribution < 1.29 is 4.79 Å². The van der Waals surface area contributed by atoms with Gasteiger partial charge in [0.25, 0.3) is 5.91 Å². The molecule has 5 rings (SSSR count). The van der Waals surface area contributed by atoms with Crippen molar-refractivity contribution in [2.45, 2.75) is 10.6 Å². The number of amides is 1. The molecule has 3 nitrogen and oxygen atoms in total. The molecule has 3 heterocycles. The van der Waals surface area contributed by atoms with Gasteiger partial charge >= 0.3 is 0 Å². The normalized spacial score (nSPS) is 15.9. The fourth-order valence-corrected chi connectivity index (χ4v) is 6.45. The molecule has 0 spiro atoms. The molecule has 2 aliphatic heterocycles. The minimum Gasteiger partial charge on any atom is -0.368 e. The summed E-state index contributed by atoms with van der Waals surface area (Å²) in [6.45, 7) is 3.27. The highest BCUT2D eigenvalue weighted by Gasteiger charge is 2.27. The molecule has 6 heteroatoms. The maximum absolute atomic E-state index is 13.1. The summed E-state index contributed by atoms with van der Waals surface area (Å²) in [5, 5.41) is 0.763. The van der Waals surface area contributed by atoms with Gasteiger partial charge in [-0.3, -0.25) is 4.79 Å². The molecular formula is C22H19ClN2OS2. The number of fused-ring (bicyclic) bond motifs is 3. The average molecular weight is 427 g/mol. The number of anilines is 1. The van der Waals surface area contributed by atoms with Crippen LogP contribution in [0, 0.1) is 0 Å². The summed E-state index contributed by atoms with van der Waals surface area (Å²) in [5.74, 6) is 1.06. The van der Waals surface area contributed by atoms with Crippen LogP contribution >= 0.6 is 34.7 Å². The summed E-state index contributed by atoms with van der Waals surface area (Å²) >= 11 is 9.56. The Hall–Kier alpha value is -1.95. The minimum atomic E-state index is 0.160. The Kier molecular flexibility index (Phi) is 4.83. The van der Waals surface area contributed by atoms with E-state index in [1.165, 1.54) is 26.6 Å². The Bertz CT molecular complexity index is 1030. The number of carbonyl (C=O) groups is 1. The number of thioether (sulfide) groups is 1. The molecule has 1 saturated heterocycles. The van der Waals surface area contributed by atoms with E-state index in [1.54, 1.807) is 23.1 Å². The zero-order valence-corrected chi connectivity index (χ0v) is 17.6. The second kappa shape index (κ2) is 7.47. The topological polar surface area (TPSA) is 23.6 Å². The number of hydrogen-bond acceptors (Lipinski definition) is 4. The lowest BCUT2D eigenvalue weighted by Crippen LogP contribution is -2.48. The van der Waals surface area contributed by atoms with Crippen LogP contribution in [0.25, 0.3) is 10.4 Å². The molecular weight excluding hydrogens is 408 g/mol. The zero-order valence-electron chi connectivity index (χ0n) is 15.2. The van der Waals surface area contributed by atoms with E-state index in [1.807, 2.05) is 23.1 Å². The maximum Gasteiger partial charge on any atom is 0.264 e. The van der Waals surface area contributed by atoms with Crippen LogP contribution in [-0.4, -0.2) is 37.0 Å². The van der Waals surface area contributed by atoms with Crippen molar-refractivity contribution in [1.82, 2.24) is 4.90 Å². The summed E-state index contributed by atoms with van der Waals surface area (Å²) in [5.41, 5.74) is 3.69. The number of carbonyl (C=O) groups excluding carboxylic acids is 1. The molecule has 0 bridgehead atoms. The fourth-order valence-electron chi connectivity index (χ4n) is 3.79. The van der Waals surface area contributed by atoms with Crippen LogP contribution < -0.4 is 4.90 Å². The number of halogens is 1. The lowest BCUT2D eigenvalue weighted by molar-refractivity contribution is 0.0751. The standard InChI is InChI=1S/C22H19ClN2OS2/c23-16-6-7-18-19(13-16)27-14-15-12-20(28-21(15)18)22(26)25-10-8-24(9-11-25)17-4-2-1-3-5-17/h1-7,12-13H,8-11,14H2. The monoisotopic (exact) mass is 426 g/mol. The van der Waals surface area contributed by atoms with Gasteiger partial charge in [-0.15, -0.1) is 23.1 Å². The zero-order chi connectivity index (χ0) is 19.1. The summed E-state index contributed by atoms with van der Waals surface area (Å²) in [6, 6.07) is 18.5. The average Bonchev–Trinajstić information content (AvgIpc) is 3.18. The highest BCUT2D eigenvalue weighted by Crippen LogP contribution is 2.46. The van der Waals surface area contributed by atoms with E-state index >= 15 is 0 Å². The van der Waals surface area contributed by atoms with Crippen LogP contribution in [0.3, 0.4) is 0 Å². The van der Waals surface area contributed by atoms with E-state index in [4.69, 9.17) is 11.6 Å². The maximum atomic E-state index is 13.1. The van der Waals surface area contributed by atoms with Crippen molar-refractivity contribution in [3.05, 3.63) is 70.1 Å². The fraction of sp³-hybridized carbons (Fsp3) is 0.227. The van der Waals surface area contributed by atoms with E-state index in [-0.39, 0.29) is 5.91 Å². The van der Waals surface area contributed by atoms with E-state index in [0.29, 0.717) is 0 Å². The second-order valence-electron chi connectivity index (χ2n) is 7.01. The first-order valence-electron chi connectivity index (χ1n) is 9.34. The van der Waals surface area contributed by atoms with Crippen LogP contribution in [0.5, 0.6) is 0 Å². The van der Waals surface area contributed by atoms with Crippen LogP contribution in [0.15, 0.2) is 59.5 Å². The van der Waals surface area contributed by atoms with Crippen LogP contribution in [0.2, 0.25) is 5.02 Å². The molecule has 0 unspecified atom stereocenters. The predicted octanol–water partition coefficient (Wildman–Crippen LogP) is 5.64. The van der Waals surface area contributed by atoms with Gasteiger partial charge in [0.15, 0.2) is 0 Å². The first kappa shape index (κ1) is 18.1. The molecule has 142 valence electrons. The number of para-hydroxylation sites is 1. The molecule has 1 fully saturated rings. The van der Waals surface area contributed by atoms with Crippen LogP contribution in [-0.2, 0) is 5.75 Å². The summed E-state index contributed by atoms with van der Waals surface area (Å²) in [6.07, 6.45) is 0. The first-order valence-corrected chi connectivity index (χ1v) is 11.5. The van der Waals surface area contributed by atoms with Crippen molar-refractivity contribution in [3.8, 4) is 10.4 Å². The number of benzene rings is 2. The highest BCUT2D eigenvalue weighted by atomic mass is 35.5. The molecule has 0 N–H and O–H groups in total. The molecule has 0 aliphatic carbocycles. The Morgan fingerprint density at radius 3 is 2.54 bits per heavy atom. The van der Waals surface area contributed by atoms with Crippen molar-refractivity contribution in [2.24, 2.45) is 0 Å². The summed E-state index contributed by atoms with van der Waals surface area (Å²) < 4.78 is 0. The minimum absolute atomic E-state index is 0.160. The third-order valence-electron chi connectivity index (χ3n) is 5.28.